The summed E-state index contributed by atoms with van der Waals surface area (Å²) in [5.74, 6) is 0.140. The van der Waals surface area contributed by atoms with Gasteiger partial charge in [0.2, 0.25) is 0 Å². The molecule has 3 heterocycles. The molecule has 132 valence electrons. The Balaban J connectivity index is 1.67. The van der Waals surface area contributed by atoms with Crippen molar-refractivity contribution in [2.75, 3.05) is 7.11 Å². The molecule has 7 heteroatoms. The van der Waals surface area contributed by atoms with Crippen LogP contribution in [0.5, 0.6) is 0 Å². The molecule has 4 aromatic rings. The van der Waals surface area contributed by atoms with Gasteiger partial charge in [-0.2, -0.15) is 0 Å². The minimum absolute atomic E-state index is 0.00208. The van der Waals surface area contributed by atoms with Crippen molar-refractivity contribution in [1.29, 1.82) is 0 Å². The highest BCUT2D eigenvalue weighted by Gasteiger charge is 2.16. The van der Waals surface area contributed by atoms with Crippen LogP contribution in [0.4, 0.5) is 0 Å². The smallest absolute Gasteiger partial charge is 0.310 e. The van der Waals surface area contributed by atoms with E-state index in [2.05, 4.69) is 29.4 Å². The van der Waals surface area contributed by atoms with Gasteiger partial charge in [0.1, 0.15) is 11.7 Å². The molecule has 0 amide bonds. The van der Waals surface area contributed by atoms with Crippen LogP contribution in [0.1, 0.15) is 24.1 Å². The first kappa shape index (κ1) is 17.1. The molecule has 0 radical (unpaired) electrons. The molecule has 0 N–H and O–H groups in total. The number of benzene rings is 1. The van der Waals surface area contributed by atoms with E-state index >= 15 is 0 Å². The SMILES string of the molecule is COCn1c(=O)sc2cc(C(C)c3csc(-c4ccccn4)n3)ccc21. The van der Waals surface area contributed by atoms with Crippen LogP contribution < -0.4 is 4.87 Å². The number of nitrogens with zero attached hydrogens (tertiary/aromatic N) is 3. The van der Waals surface area contributed by atoms with Crippen molar-refractivity contribution >= 4 is 32.9 Å². The first-order valence-electron chi connectivity index (χ1n) is 8.16. The fourth-order valence-electron chi connectivity index (χ4n) is 2.87. The van der Waals surface area contributed by atoms with E-state index in [0.29, 0.717) is 0 Å². The normalized spacial score (nSPS) is 12.5. The zero-order valence-electron chi connectivity index (χ0n) is 14.4. The lowest BCUT2D eigenvalue weighted by Gasteiger charge is -2.10. The number of hydrogen-bond acceptors (Lipinski definition) is 6. The van der Waals surface area contributed by atoms with Crippen molar-refractivity contribution in [3.05, 3.63) is 68.9 Å². The van der Waals surface area contributed by atoms with Gasteiger partial charge in [0.25, 0.3) is 0 Å². The summed E-state index contributed by atoms with van der Waals surface area (Å²) >= 11 is 2.85. The maximum atomic E-state index is 12.1. The minimum Gasteiger partial charge on any atom is -0.364 e. The standard InChI is InChI=1S/C19H17N3O2S2/c1-12(15-10-25-18(21-15)14-5-3-4-8-20-14)13-6-7-16-17(9-13)26-19(23)22(16)11-24-2/h3-10,12H,11H2,1-2H3. The van der Waals surface area contributed by atoms with Gasteiger partial charge in [0, 0.05) is 24.6 Å². The van der Waals surface area contributed by atoms with E-state index in [4.69, 9.17) is 9.72 Å². The van der Waals surface area contributed by atoms with Crippen LogP contribution in [0.3, 0.4) is 0 Å². The highest BCUT2D eigenvalue weighted by atomic mass is 32.1. The largest absolute Gasteiger partial charge is 0.364 e. The van der Waals surface area contributed by atoms with Gasteiger partial charge in [0.15, 0.2) is 0 Å². The molecular weight excluding hydrogens is 366 g/mol. The van der Waals surface area contributed by atoms with E-state index in [9.17, 15) is 4.79 Å². The quantitative estimate of drug-likeness (QED) is 0.514. The third-order valence-electron chi connectivity index (χ3n) is 4.30. The number of thiazole rings is 2. The molecule has 0 aliphatic rings. The summed E-state index contributed by atoms with van der Waals surface area (Å²) in [6.07, 6.45) is 1.78. The Kier molecular flexibility index (Phi) is 4.67. The van der Waals surface area contributed by atoms with Crippen molar-refractivity contribution in [3.63, 3.8) is 0 Å². The highest BCUT2D eigenvalue weighted by molar-refractivity contribution is 7.16. The van der Waals surface area contributed by atoms with Crippen LogP contribution in [-0.2, 0) is 11.5 Å². The molecule has 0 bridgehead atoms. The van der Waals surface area contributed by atoms with Crippen LogP contribution in [0.15, 0.2) is 52.8 Å². The third kappa shape index (κ3) is 3.09. The van der Waals surface area contributed by atoms with Gasteiger partial charge in [-0.1, -0.05) is 30.4 Å². The molecule has 4 rings (SSSR count). The van der Waals surface area contributed by atoms with Crippen molar-refractivity contribution in [3.8, 4) is 10.7 Å². The van der Waals surface area contributed by atoms with Crippen LogP contribution >= 0.6 is 22.7 Å². The van der Waals surface area contributed by atoms with Crippen LogP contribution in [-0.4, -0.2) is 21.6 Å². The van der Waals surface area contributed by atoms with E-state index in [1.807, 2.05) is 24.3 Å². The van der Waals surface area contributed by atoms with Gasteiger partial charge in [-0.05, 0) is 29.8 Å². The fraction of sp³-hybridized carbons (Fsp3) is 0.211. The molecule has 0 saturated carbocycles. The average Bonchev–Trinajstić information content (AvgIpc) is 3.27. The molecule has 0 aliphatic carbocycles. The van der Waals surface area contributed by atoms with Crippen LogP contribution in [0.2, 0.25) is 0 Å². The van der Waals surface area contributed by atoms with Crippen molar-refractivity contribution < 1.29 is 4.74 Å². The molecule has 0 aliphatic heterocycles. The average molecular weight is 383 g/mol. The van der Waals surface area contributed by atoms with E-state index < -0.39 is 0 Å². The number of ether oxygens (including phenoxy) is 1. The Morgan fingerprint density at radius 1 is 1.27 bits per heavy atom. The summed E-state index contributed by atoms with van der Waals surface area (Å²) in [7, 11) is 1.59. The Bertz CT molecular complexity index is 1100. The summed E-state index contributed by atoms with van der Waals surface area (Å²) in [6.45, 7) is 2.40. The lowest BCUT2D eigenvalue weighted by atomic mass is 9.98. The summed E-state index contributed by atoms with van der Waals surface area (Å²) in [5.41, 5.74) is 3.95. The topological polar surface area (TPSA) is 57.0 Å². The van der Waals surface area contributed by atoms with Crippen molar-refractivity contribution in [1.82, 2.24) is 14.5 Å². The summed E-state index contributed by atoms with van der Waals surface area (Å²) < 4.78 is 7.74. The molecule has 0 spiro atoms. The fourth-order valence-corrected chi connectivity index (χ4v) is 4.68. The van der Waals surface area contributed by atoms with Gasteiger partial charge in [-0.3, -0.25) is 14.3 Å². The maximum absolute atomic E-state index is 12.1. The summed E-state index contributed by atoms with van der Waals surface area (Å²) in [4.78, 5) is 21.2. The number of pyridine rings is 1. The molecule has 0 fully saturated rings. The molecule has 0 saturated heterocycles. The van der Waals surface area contributed by atoms with Gasteiger partial charge < -0.3 is 4.74 Å². The van der Waals surface area contributed by atoms with E-state index in [1.165, 1.54) is 11.3 Å². The Labute approximate surface area is 158 Å². The van der Waals surface area contributed by atoms with Gasteiger partial charge in [-0.25, -0.2) is 4.98 Å². The lowest BCUT2D eigenvalue weighted by Crippen LogP contribution is -2.13. The Morgan fingerprint density at radius 3 is 2.92 bits per heavy atom. The third-order valence-corrected chi connectivity index (χ3v) is 6.13. The predicted molar refractivity (Wildman–Crippen MR) is 106 cm³/mol. The number of rotatable bonds is 5. The van der Waals surface area contributed by atoms with Crippen molar-refractivity contribution in [2.24, 2.45) is 0 Å². The molecule has 1 atom stereocenters. The van der Waals surface area contributed by atoms with Crippen LogP contribution in [0, 0.1) is 0 Å². The summed E-state index contributed by atoms with van der Waals surface area (Å²) in [5, 5.41) is 3.00. The van der Waals surface area contributed by atoms with Gasteiger partial charge in [0.05, 0.1) is 21.6 Å². The zero-order chi connectivity index (χ0) is 18.1. The highest BCUT2D eigenvalue weighted by Crippen LogP contribution is 2.31. The number of methoxy groups -OCH3 is 1. The lowest BCUT2D eigenvalue weighted by molar-refractivity contribution is 0.133. The van der Waals surface area contributed by atoms with E-state index in [0.717, 1.165) is 32.2 Å². The molecule has 26 heavy (non-hydrogen) atoms. The number of fused-ring (bicyclic) bond motifs is 1. The second-order valence-corrected chi connectivity index (χ2v) is 7.81. The second kappa shape index (κ2) is 7.11. The first-order valence-corrected chi connectivity index (χ1v) is 9.86. The molecule has 1 unspecified atom stereocenters. The van der Waals surface area contributed by atoms with Crippen LogP contribution in [0.25, 0.3) is 20.9 Å². The Morgan fingerprint density at radius 2 is 2.15 bits per heavy atom. The molecule has 3 aromatic heterocycles. The van der Waals surface area contributed by atoms with Crippen molar-refractivity contribution in [2.45, 2.75) is 19.6 Å². The monoisotopic (exact) mass is 383 g/mol. The van der Waals surface area contributed by atoms with Gasteiger partial charge >= 0.3 is 4.87 Å². The summed E-state index contributed by atoms with van der Waals surface area (Å²) in [6, 6.07) is 12.0. The minimum atomic E-state index is -0.00208. The second-order valence-electron chi connectivity index (χ2n) is 5.96. The zero-order valence-corrected chi connectivity index (χ0v) is 16.0. The first-order chi connectivity index (χ1) is 12.7. The maximum Gasteiger partial charge on any atom is 0.310 e. The van der Waals surface area contributed by atoms with E-state index in [-0.39, 0.29) is 17.5 Å². The Hall–Kier alpha value is -2.35. The number of hydrogen-bond donors (Lipinski definition) is 0. The molecular formula is C19H17N3O2S2. The molecule has 5 nitrogen and oxygen atoms in total. The number of aromatic nitrogens is 3. The van der Waals surface area contributed by atoms with E-state index in [1.54, 1.807) is 29.2 Å². The van der Waals surface area contributed by atoms with Gasteiger partial charge in [-0.15, -0.1) is 11.3 Å². The molecule has 1 aromatic carbocycles. The predicted octanol–water partition coefficient (Wildman–Crippen LogP) is 4.34.